The first-order valence-corrected chi connectivity index (χ1v) is 6.35. The summed E-state index contributed by atoms with van der Waals surface area (Å²) in [6.07, 6.45) is 3.40. The van der Waals surface area contributed by atoms with Crippen LogP contribution in [0.4, 0.5) is 16.2 Å². The molecule has 5 heteroatoms. The molecule has 0 aliphatic rings. The molecular formula is C15H21N3O2. The van der Waals surface area contributed by atoms with Gasteiger partial charge in [0.2, 0.25) is 5.91 Å². The number of nitrogen functional groups attached to an aromatic ring is 1. The van der Waals surface area contributed by atoms with Gasteiger partial charge in [-0.05, 0) is 29.7 Å². The molecule has 3 amide bonds. The lowest BCUT2D eigenvalue weighted by molar-refractivity contribution is -0.115. The van der Waals surface area contributed by atoms with Crippen molar-refractivity contribution < 1.29 is 9.59 Å². The molecule has 0 unspecified atom stereocenters. The van der Waals surface area contributed by atoms with Gasteiger partial charge in [0.05, 0.1) is 5.69 Å². The lowest BCUT2D eigenvalue weighted by Crippen LogP contribution is -2.41. The van der Waals surface area contributed by atoms with E-state index in [0.29, 0.717) is 11.4 Å². The second-order valence-corrected chi connectivity index (χ2v) is 5.59. The van der Waals surface area contributed by atoms with Crippen LogP contribution in [0.15, 0.2) is 36.5 Å². The number of nitrogens with two attached hydrogens (primary N) is 1. The van der Waals surface area contributed by atoms with E-state index in [1.807, 2.05) is 26.8 Å². The van der Waals surface area contributed by atoms with Gasteiger partial charge >= 0.3 is 6.03 Å². The van der Waals surface area contributed by atoms with Gasteiger partial charge in [-0.1, -0.05) is 26.8 Å². The number of imide groups is 1. The summed E-state index contributed by atoms with van der Waals surface area (Å²) in [5.74, 6) is -0.364. The first-order valence-electron chi connectivity index (χ1n) is 6.35. The van der Waals surface area contributed by atoms with Gasteiger partial charge in [-0.25, -0.2) is 9.69 Å². The van der Waals surface area contributed by atoms with Crippen molar-refractivity contribution in [3.63, 3.8) is 0 Å². The molecule has 20 heavy (non-hydrogen) atoms. The molecule has 1 aromatic rings. The van der Waals surface area contributed by atoms with Crippen LogP contribution >= 0.6 is 0 Å². The van der Waals surface area contributed by atoms with E-state index >= 15 is 0 Å². The fourth-order valence-corrected chi connectivity index (χ4v) is 1.49. The van der Waals surface area contributed by atoms with E-state index in [0.717, 1.165) is 4.90 Å². The molecule has 0 heterocycles. The SMILES string of the molecule is CC(=O)N(C(=O)N/C=C/C(C)(C)C)c1ccc(N)cc1. The van der Waals surface area contributed by atoms with Crippen molar-refractivity contribution in [3.8, 4) is 0 Å². The molecule has 0 saturated carbocycles. The van der Waals surface area contributed by atoms with Crippen molar-refractivity contribution in [1.29, 1.82) is 0 Å². The number of carbonyl (C=O) groups is 2. The van der Waals surface area contributed by atoms with E-state index in [9.17, 15) is 9.59 Å². The molecule has 0 radical (unpaired) electrons. The van der Waals surface area contributed by atoms with Crippen LogP contribution in [0.3, 0.4) is 0 Å². The lowest BCUT2D eigenvalue weighted by atomic mass is 9.97. The average Bonchev–Trinajstić information content (AvgIpc) is 2.30. The highest BCUT2D eigenvalue weighted by atomic mass is 16.2. The van der Waals surface area contributed by atoms with Crippen LogP contribution in [0, 0.1) is 5.41 Å². The molecule has 0 atom stereocenters. The zero-order valence-corrected chi connectivity index (χ0v) is 12.3. The Bertz CT molecular complexity index is 513. The van der Waals surface area contributed by atoms with Crippen molar-refractivity contribution in [2.24, 2.45) is 5.41 Å². The fourth-order valence-electron chi connectivity index (χ4n) is 1.49. The molecule has 0 saturated heterocycles. The predicted molar refractivity (Wildman–Crippen MR) is 81.1 cm³/mol. The topological polar surface area (TPSA) is 75.4 Å². The van der Waals surface area contributed by atoms with E-state index < -0.39 is 6.03 Å². The number of benzene rings is 1. The molecule has 0 aliphatic carbocycles. The number of hydrogen-bond donors (Lipinski definition) is 2. The monoisotopic (exact) mass is 275 g/mol. The third-order valence-electron chi connectivity index (χ3n) is 2.46. The minimum atomic E-state index is -0.497. The summed E-state index contributed by atoms with van der Waals surface area (Å²) in [4.78, 5) is 24.8. The maximum Gasteiger partial charge on any atom is 0.332 e. The van der Waals surface area contributed by atoms with Crippen LogP contribution in [0.2, 0.25) is 0 Å². The van der Waals surface area contributed by atoms with E-state index in [-0.39, 0.29) is 11.3 Å². The van der Waals surface area contributed by atoms with Crippen LogP contribution < -0.4 is 16.0 Å². The molecule has 0 spiro atoms. The zero-order chi connectivity index (χ0) is 15.3. The number of anilines is 2. The standard InChI is InChI=1S/C15H21N3O2/c1-11(19)18(13-7-5-12(16)6-8-13)14(20)17-10-9-15(2,3)4/h5-10H,16H2,1-4H3,(H,17,20)/b10-9+. The van der Waals surface area contributed by atoms with Gasteiger partial charge in [0.15, 0.2) is 0 Å². The van der Waals surface area contributed by atoms with Crippen LogP contribution in [0.5, 0.6) is 0 Å². The molecular weight excluding hydrogens is 254 g/mol. The third kappa shape index (κ3) is 4.76. The summed E-state index contributed by atoms with van der Waals surface area (Å²) in [5, 5.41) is 2.59. The van der Waals surface area contributed by atoms with Gasteiger partial charge in [0.1, 0.15) is 0 Å². The van der Waals surface area contributed by atoms with Crippen molar-refractivity contribution >= 4 is 23.3 Å². The zero-order valence-electron chi connectivity index (χ0n) is 12.3. The fraction of sp³-hybridized carbons (Fsp3) is 0.333. The number of hydrogen-bond acceptors (Lipinski definition) is 3. The molecule has 5 nitrogen and oxygen atoms in total. The number of amides is 3. The molecule has 1 rings (SSSR count). The van der Waals surface area contributed by atoms with E-state index in [4.69, 9.17) is 5.73 Å². The van der Waals surface area contributed by atoms with Crippen LogP contribution in [0.1, 0.15) is 27.7 Å². The molecule has 0 fully saturated rings. The summed E-state index contributed by atoms with van der Waals surface area (Å²) in [5.41, 5.74) is 6.60. The number of nitrogens with one attached hydrogen (secondary N) is 1. The predicted octanol–water partition coefficient (Wildman–Crippen LogP) is 2.89. The largest absolute Gasteiger partial charge is 0.399 e. The molecule has 0 aliphatic heterocycles. The average molecular weight is 275 g/mol. The van der Waals surface area contributed by atoms with Gasteiger partial charge in [0, 0.05) is 18.8 Å². The number of urea groups is 1. The number of rotatable bonds is 2. The quantitative estimate of drug-likeness (QED) is 0.815. The Hall–Kier alpha value is -2.30. The minimum absolute atomic E-state index is 0.0461. The molecule has 0 aromatic heterocycles. The summed E-state index contributed by atoms with van der Waals surface area (Å²) in [6.45, 7) is 7.37. The summed E-state index contributed by atoms with van der Waals surface area (Å²) in [7, 11) is 0. The Morgan fingerprint density at radius 1 is 1.20 bits per heavy atom. The van der Waals surface area contributed by atoms with Gasteiger partial charge in [0.25, 0.3) is 0 Å². The van der Waals surface area contributed by atoms with Gasteiger partial charge in [-0.2, -0.15) is 0 Å². The smallest absolute Gasteiger partial charge is 0.332 e. The van der Waals surface area contributed by atoms with Gasteiger partial charge in [-0.3, -0.25) is 4.79 Å². The van der Waals surface area contributed by atoms with Gasteiger partial charge in [-0.15, -0.1) is 0 Å². The highest BCUT2D eigenvalue weighted by molar-refractivity contribution is 6.13. The first-order chi connectivity index (χ1) is 9.20. The highest BCUT2D eigenvalue weighted by Gasteiger charge is 2.19. The second kappa shape index (κ2) is 6.23. The minimum Gasteiger partial charge on any atom is -0.399 e. The van der Waals surface area contributed by atoms with Gasteiger partial charge < -0.3 is 11.1 Å². The highest BCUT2D eigenvalue weighted by Crippen LogP contribution is 2.17. The van der Waals surface area contributed by atoms with Crippen LogP contribution in [-0.4, -0.2) is 11.9 Å². The Morgan fingerprint density at radius 2 is 1.75 bits per heavy atom. The molecule has 3 N–H and O–H groups in total. The van der Waals surface area contributed by atoms with Crippen LogP contribution in [0.25, 0.3) is 0 Å². The Balaban J connectivity index is 2.87. The number of allylic oxidation sites excluding steroid dienone is 1. The van der Waals surface area contributed by atoms with Crippen molar-refractivity contribution in [1.82, 2.24) is 5.32 Å². The lowest BCUT2D eigenvalue weighted by Gasteiger charge is -2.19. The molecule has 0 bridgehead atoms. The van der Waals surface area contributed by atoms with Crippen molar-refractivity contribution in [2.45, 2.75) is 27.7 Å². The Labute approximate surface area is 119 Å². The Kier molecular flexibility index (Phi) is 4.91. The van der Waals surface area contributed by atoms with Crippen molar-refractivity contribution in [2.75, 3.05) is 10.6 Å². The molecule has 1 aromatic carbocycles. The second-order valence-electron chi connectivity index (χ2n) is 5.59. The number of nitrogens with zero attached hydrogens (tertiary/aromatic N) is 1. The summed E-state index contributed by atoms with van der Waals surface area (Å²) >= 11 is 0. The van der Waals surface area contributed by atoms with E-state index in [2.05, 4.69) is 5.32 Å². The normalized spacial score (nSPS) is 11.4. The summed E-state index contributed by atoms with van der Waals surface area (Å²) in [6, 6.07) is 6.04. The number of carbonyl (C=O) groups excluding carboxylic acids is 2. The van der Waals surface area contributed by atoms with E-state index in [1.165, 1.54) is 6.92 Å². The maximum absolute atomic E-state index is 12.1. The van der Waals surface area contributed by atoms with E-state index in [1.54, 1.807) is 30.5 Å². The third-order valence-corrected chi connectivity index (χ3v) is 2.46. The van der Waals surface area contributed by atoms with Crippen molar-refractivity contribution in [3.05, 3.63) is 36.5 Å². The molecule has 108 valence electrons. The van der Waals surface area contributed by atoms with Crippen LogP contribution in [-0.2, 0) is 4.79 Å². The maximum atomic E-state index is 12.1. The first kappa shape index (κ1) is 15.8. The summed E-state index contributed by atoms with van der Waals surface area (Å²) < 4.78 is 0. The Morgan fingerprint density at radius 3 is 2.20 bits per heavy atom.